The molecule has 14 heteroatoms. The summed E-state index contributed by atoms with van der Waals surface area (Å²) in [4.78, 5) is 74.8. The lowest BCUT2D eigenvalue weighted by molar-refractivity contribution is -0.136. The van der Waals surface area contributed by atoms with Crippen LogP contribution in [-0.4, -0.2) is 114 Å². The Morgan fingerprint density at radius 1 is 0.875 bits per heavy atom. The van der Waals surface area contributed by atoms with Gasteiger partial charge in [-0.3, -0.25) is 39.1 Å². The average molecular weight is 776 g/mol. The van der Waals surface area contributed by atoms with Gasteiger partial charge in [0.25, 0.3) is 17.7 Å². The first-order valence-electron chi connectivity index (χ1n) is 19.5. The Balaban J connectivity index is 0.749. The average Bonchev–Trinajstić information content (AvgIpc) is 3.60. The molecule has 5 saturated heterocycles. The summed E-state index contributed by atoms with van der Waals surface area (Å²) in [6, 6.07) is 19.8. The summed E-state index contributed by atoms with van der Waals surface area (Å²) in [7, 11) is 0. The molecular formula is C42H42ClN7O6. The van der Waals surface area contributed by atoms with Gasteiger partial charge in [0.05, 0.1) is 27.4 Å². The first-order chi connectivity index (χ1) is 27.1. The Kier molecular flexibility index (Phi) is 9.42. The summed E-state index contributed by atoms with van der Waals surface area (Å²) >= 11 is 6.22. The van der Waals surface area contributed by atoms with Crippen LogP contribution in [0.2, 0.25) is 5.02 Å². The molecule has 0 aliphatic carbocycles. The molecule has 5 fully saturated rings. The van der Waals surface area contributed by atoms with Gasteiger partial charge in [-0.2, -0.15) is 5.26 Å². The Morgan fingerprint density at radius 2 is 1.61 bits per heavy atom. The zero-order chi connectivity index (χ0) is 38.7. The SMILES string of the molecule is N#Cc1ccc(OC2C[C@H]3CC[C@@H](C2)N3C(=O)c2ccc(N3CCN(CC4CN(c5cccc6c5C(=O)N(C5CCC(=O)NC5=O)C6=O)C4)CC3)cc2)cc1Cl. The van der Waals surface area contributed by atoms with E-state index in [2.05, 4.69) is 43.1 Å². The van der Waals surface area contributed by atoms with Crippen molar-refractivity contribution >= 4 is 52.5 Å². The molecule has 0 spiro atoms. The minimum absolute atomic E-state index is 0.00747. The van der Waals surface area contributed by atoms with Crippen molar-refractivity contribution in [2.75, 3.05) is 55.6 Å². The molecule has 13 nitrogen and oxygen atoms in total. The molecule has 56 heavy (non-hydrogen) atoms. The Labute approximate surface area is 329 Å². The fourth-order valence-electron chi connectivity index (χ4n) is 9.57. The van der Waals surface area contributed by atoms with Gasteiger partial charge in [0.2, 0.25) is 11.8 Å². The third kappa shape index (κ3) is 6.54. The largest absolute Gasteiger partial charge is 0.490 e. The summed E-state index contributed by atoms with van der Waals surface area (Å²) in [6.07, 6.45) is 3.67. The predicted octanol–water partition coefficient (Wildman–Crippen LogP) is 4.09. The van der Waals surface area contributed by atoms with Crippen LogP contribution in [0, 0.1) is 17.2 Å². The molecule has 5 amide bonds. The molecule has 2 unspecified atom stereocenters. The van der Waals surface area contributed by atoms with Crippen LogP contribution in [0.4, 0.5) is 11.4 Å². The number of nitrogens with zero attached hydrogens (tertiary/aromatic N) is 6. The quantitative estimate of drug-likeness (QED) is 0.332. The second kappa shape index (κ2) is 14.6. The van der Waals surface area contributed by atoms with Crippen LogP contribution in [0.3, 0.4) is 0 Å². The lowest BCUT2D eigenvalue weighted by Gasteiger charge is -2.45. The van der Waals surface area contributed by atoms with Gasteiger partial charge in [0.1, 0.15) is 24.0 Å². The van der Waals surface area contributed by atoms with Gasteiger partial charge in [0, 0.05) is 100 Å². The highest BCUT2D eigenvalue weighted by Gasteiger charge is 2.47. The summed E-state index contributed by atoms with van der Waals surface area (Å²) in [5.41, 5.74) is 3.60. The number of carbonyl (C=O) groups excluding carboxylic acids is 5. The number of carbonyl (C=O) groups is 5. The van der Waals surface area contributed by atoms with Gasteiger partial charge in [-0.15, -0.1) is 0 Å². The Bertz CT molecular complexity index is 2140. The molecular weight excluding hydrogens is 734 g/mol. The normalized spacial score (nSPS) is 25.2. The number of anilines is 2. The molecule has 2 bridgehead atoms. The van der Waals surface area contributed by atoms with E-state index in [9.17, 15) is 24.0 Å². The van der Waals surface area contributed by atoms with Crippen molar-refractivity contribution in [2.24, 2.45) is 5.92 Å². The third-order valence-electron chi connectivity index (χ3n) is 12.4. The van der Waals surface area contributed by atoms with Crippen LogP contribution >= 0.6 is 11.6 Å². The number of benzene rings is 3. The van der Waals surface area contributed by atoms with Crippen LogP contribution in [0.25, 0.3) is 0 Å². The van der Waals surface area contributed by atoms with Crippen molar-refractivity contribution < 1.29 is 28.7 Å². The van der Waals surface area contributed by atoms with E-state index in [-0.39, 0.29) is 36.9 Å². The Morgan fingerprint density at radius 3 is 2.29 bits per heavy atom. The minimum Gasteiger partial charge on any atom is -0.490 e. The van der Waals surface area contributed by atoms with Crippen molar-refractivity contribution in [2.45, 2.75) is 62.8 Å². The molecule has 4 atom stereocenters. The van der Waals surface area contributed by atoms with E-state index in [1.165, 1.54) is 0 Å². The number of ether oxygens (including phenoxy) is 1. The smallest absolute Gasteiger partial charge is 0.264 e. The van der Waals surface area contributed by atoms with Gasteiger partial charge in [-0.1, -0.05) is 17.7 Å². The lowest BCUT2D eigenvalue weighted by atomic mass is 9.95. The maximum Gasteiger partial charge on any atom is 0.264 e. The van der Waals surface area contributed by atoms with Gasteiger partial charge in [-0.25, -0.2) is 0 Å². The summed E-state index contributed by atoms with van der Waals surface area (Å²) in [5.74, 6) is -0.818. The molecule has 3 aromatic carbocycles. The van der Waals surface area contributed by atoms with Crippen molar-refractivity contribution in [3.8, 4) is 11.8 Å². The Hall–Kier alpha value is -5.45. The van der Waals surface area contributed by atoms with E-state index in [1.807, 2.05) is 18.2 Å². The molecule has 0 radical (unpaired) electrons. The van der Waals surface area contributed by atoms with E-state index >= 15 is 0 Å². The van der Waals surface area contributed by atoms with Crippen LogP contribution in [0.5, 0.6) is 5.75 Å². The van der Waals surface area contributed by atoms with Crippen molar-refractivity contribution in [1.82, 2.24) is 20.0 Å². The molecule has 9 rings (SSSR count). The number of amides is 5. The van der Waals surface area contributed by atoms with Gasteiger partial charge in [-0.05, 0) is 67.8 Å². The number of nitriles is 1. The molecule has 0 saturated carbocycles. The number of hydrogen-bond acceptors (Lipinski definition) is 10. The summed E-state index contributed by atoms with van der Waals surface area (Å²) < 4.78 is 6.26. The van der Waals surface area contributed by atoms with Gasteiger partial charge in [0.15, 0.2) is 0 Å². The minimum atomic E-state index is -0.981. The summed E-state index contributed by atoms with van der Waals surface area (Å²) in [5, 5.41) is 11.8. The fourth-order valence-corrected chi connectivity index (χ4v) is 9.78. The number of fused-ring (bicyclic) bond motifs is 3. The number of piperazine rings is 1. The van der Waals surface area contributed by atoms with E-state index < -0.39 is 29.7 Å². The summed E-state index contributed by atoms with van der Waals surface area (Å²) in [6.45, 7) is 6.07. The predicted molar refractivity (Wildman–Crippen MR) is 207 cm³/mol. The number of piperidine rings is 2. The molecule has 0 aromatic heterocycles. The molecule has 288 valence electrons. The molecule has 3 aromatic rings. The van der Waals surface area contributed by atoms with Crippen molar-refractivity contribution in [3.63, 3.8) is 0 Å². The number of nitrogens with one attached hydrogen (secondary N) is 1. The van der Waals surface area contributed by atoms with Gasteiger partial charge >= 0.3 is 0 Å². The van der Waals surface area contributed by atoms with Crippen LogP contribution in [0.1, 0.15) is 75.2 Å². The van der Waals surface area contributed by atoms with E-state index in [0.717, 1.165) is 87.8 Å². The van der Waals surface area contributed by atoms with Gasteiger partial charge < -0.3 is 19.4 Å². The van der Waals surface area contributed by atoms with Crippen LogP contribution < -0.4 is 19.9 Å². The first-order valence-corrected chi connectivity index (χ1v) is 19.9. The highest BCUT2D eigenvalue weighted by molar-refractivity contribution is 6.31. The lowest BCUT2D eigenvalue weighted by Crippen LogP contribution is -2.55. The second-order valence-electron chi connectivity index (χ2n) is 15.8. The number of rotatable bonds is 8. The highest BCUT2D eigenvalue weighted by Crippen LogP contribution is 2.40. The van der Waals surface area contributed by atoms with E-state index in [4.69, 9.17) is 21.6 Å². The molecule has 1 N–H and O–H groups in total. The number of halogens is 1. The van der Waals surface area contributed by atoms with Crippen LogP contribution in [0.15, 0.2) is 60.7 Å². The number of imide groups is 2. The standard InChI is InChI=1S/C42H42ClN7O6/c43-34-20-31(11-6-27(34)21-44)56-32-18-29-9-10-30(19-32)49(29)40(53)26-4-7-28(8-5-26)47-16-14-46(15-17-47)22-25-23-48(24-25)35-3-1-2-33-38(35)42(55)50(41(33)54)36-12-13-37(51)45-39(36)52/h1-8,11,20,25,29-30,32,36H,9-10,12-19,22-24H2,(H,45,51,52)/t29-,30+,32?,36?. The zero-order valence-corrected chi connectivity index (χ0v) is 31.6. The van der Waals surface area contributed by atoms with Crippen molar-refractivity contribution in [1.29, 1.82) is 5.26 Å². The molecule has 6 aliphatic heterocycles. The van der Waals surface area contributed by atoms with Crippen molar-refractivity contribution in [3.05, 3.63) is 87.9 Å². The maximum absolute atomic E-state index is 13.8. The first kappa shape index (κ1) is 36.2. The highest BCUT2D eigenvalue weighted by atomic mass is 35.5. The third-order valence-corrected chi connectivity index (χ3v) is 12.7. The van der Waals surface area contributed by atoms with E-state index in [0.29, 0.717) is 38.9 Å². The topological polar surface area (TPSA) is 147 Å². The van der Waals surface area contributed by atoms with Crippen LogP contribution in [-0.2, 0) is 9.59 Å². The monoisotopic (exact) mass is 775 g/mol. The molecule has 6 aliphatic rings. The number of hydrogen-bond donors (Lipinski definition) is 1. The molecule has 6 heterocycles. The zero-order valence-electron chi connectivity index (χ0n) is 30.9. The fraction of sp³-hybridized carbons (Fsp3) is 0.429. The maximum atomic E-state index is 13.8. The van der Waals surface area contributed by atoms with E-state index in [1.54, 1.807) is 30.3 Å². The second-order valence-corrected chi connectivity index (χ2v) is 16.2.